The minimum atomic E-state index is -0.996. The molecule has 2 fully saturated rings. The van der Waals surface area contributed by atoms with Crippen LogP contribution < -0.4 is 5.32 Å². The van der Waals surface area contributed by atoms with Gasteiger partial charge < -0.3 is 15.1 Å². The third-order valence-corrected chi connectivity index (χ3v) is 3.58. The van der Waals surface area contributed by atoms with Gasteiger partial charge in [-0.1, -0.05) is 0 Å². The summed E-state index contributed by atoms with van der Waals surface area (Å²) in [4.78, 5) is 57.4. The molecule has 0 bridgehead atoms. The molecule has 0 saturated carbocycles. The van der Waals surface area contributed by atoms with Gasteiger partial charge in [0.05, 0.1) is 0 Å². The van der Waals surface area contributed by atoms with Crippen molar-refractivity contribution < 1.29 is 32.8 Å². The summed E-state index contributed by atoms with van der Waals surface area (Å²) < 4.78 is 23.7. The van der Waals surface area contributed by atoms with Crippen LogP contribution in [0.25, 0.3) is 0 Å². The zero-order valence-electron chi connectivity index (χ0n) is 13.2. The number of hydrogen-bond donors (Lipinski definition) is 1. The number of hydrogen-bond acceptors (Lipinski definition) is 5. The van der Waals surface area contributed by atoms with E-state index in [1.54, 1.807) is 0 Å². The Morgan fingerprint density at radius 3 is 2.00 bits per heavy atom. The van der Waals surface area contributed by atoms with Crippen molar-refractivity contribution in [2.45, 2.75) is 0 Å². The van der Waals surface area contributed by atoms with Crippen molar-refractivity contribution in [3.05, 3.63) is 0 Å². The lowest BCUT2D eigenvalue weighted by atomic mass is 10.3. The minimum absolute atomic E-state index is 0.0201. The average Bonchev–Trinajstić information content (AvgIpc) is 2.57. The second kappa shape index (κ2) is 9.87. The molecule has 0 aliphatic carbocycles. The molecule has 2 aliphatic heterocycles. The second-order valence-corrected chi connectivity index (χ2v) is 5.25. The number of alkyl halides is 2. The minimum Gasteiger partial charge on any atom is -0.346 e. The van der Waals surface area contributed by atoms with E-state index in [0.29, 0.717) is 18.0 Å². The van der Waals surface area contributed by atoms with E-state index in [9.17, 15) is 32.8 Å². The molecule has 0 unspecified atom stereocenters. The molecular weight excluding hydrogens is 366 g/mol. The monoisotopic (exact) mass is 382 g/mol. The number of imide groups is 1. The van der Waals surface area contributed by atoms with Gasteiger partial charge in [-0.05, 0) is 11.6 Å². The highest BCUT2D eigenvalue weighted by atomic mass is 35.5. The quantitative estimate of drug-likeness (QED) is 0.377. The van der Waals surface area contributed by atoms with Crippen molar-refractivity contribution in [3.63, 3.8) is 0 Å². The summed E-state index contributed by atoms with van der Waals surface area (Å²) in [6.45, 7) is -0.438. The highest BCUT2D eigenvalue weighted by Crippen LogP contribution is 2.07. The van der Waals surface area contributed by atoms with Crippen LogP contribution in [0.15, 0.2) is 0 Å². The largest absolute Gasteiger partial charge is 0.346 e. The first kappa shape index (κ1) is 20.7. The third-order valence-electron chi connectivity index (χ3n) is 3.38. The summed E-state index contributed by atoms with van der Waals surface area (Å²) >= 11 is 5.06. The molecule has 2 rings (SSSR count). The fraction of sp³-hybridized carbons (Fsp3) is 0.615. The van der Waals surface area contributed by atoms with Gasteiger partial charge in [0, 0.05) is 39.3 Å². The molecule has 140 valence electrons. The molecule has 1 N–H and O–H groups in total. The van der Waals surface area contributed by atoms with Crippen molar-refractivity contribution >= 4 is 40.6 Å². The lowest BCUT2D eigenvalue weighted by Gasteiger charge is -2.30. The maximum atomic E-state index is 11.9. The molecule has 0 radical (unpaired) electrons. The second-order valence-electron chi connectivity index (χ2n) is 4.93. The number of halogens is 3. The molecule has 0 aromatic rings. The Morgan fingerprint density at radius 2 is 1.48 bits per heavy atom. The van der Waals surface area contributed by atoms with E-state index in [1.165, 1.54) is 4.90 Å². The summed E-state index contributed by atoms with van der Waals surface area (Å²) in [6.07, 6.45) is 0. The Kier molecular flexibility index (Phi) is 8.19. The topological polar surface area (TPSA) is 107 Å². The van der Waals surface area contributed by atoms with E-state index in [-0.39, 0.29) is 26.2 Å². The van der Waals surface area contributed by atoms with Gasteiger partial charge in [0.1, 0.15) is 13.3 Å². The lowest BCUT2D eigenvalue weighted by Crippen LogP contribution is -2.55. The smallest absolute Gasteiger partial charge is 0.323 e. The summed E-state index contributed by atoms with van der Waals surface area (Å²) in [6, 6.07) is 0. The summed E-state index contributed by atoms with van der Waals surface area (Å²) in [5, 5.41) is 1.38. The van der Waals surface area contributed by atoms with Crippen molar-refractivity contribution in [3.8, 4) is 0 Å². The normalized spacial score (nSPS) is 18.0. The molecule has 2 heterocycles. The molecule has 0 aromatic heterocycles. The Balaban J connectivity index is 0.000000257. The van der Waals surface area contributed by atoms with Crippen LogP contribution in [0.5, 0.6) is 0 Å². The molecule has 0 aromatic carbocycles. The van der Waals surface area contributed by atoms with Gasteiger partial charge in [-0.2, -0.15) is 0 Å². The van der Waals surface area contributed by atoms with Crippen molar-refractivity contribution in [1.29, 1.82) is 0 Å². The Morgan fingerprint density at radius 1 is 0.920 bits per heavy atom. The van der Waals surface area contributed by atoms with Crippen molar-refractivity contribution in [2.24, 2.45) is 0 Å². The highest BCUT2D eigenvalue weighted by molar-refractivity contribution is 6.65. The van der Waals surface area contributed by atoms with E-state index >= 15 is 0 Å². The first-order chi connectivity index (χ1) is 11.8. The highest BCUT2D eigenvalue weighted by Gasteiger charge is 2.35. The SMILES string of the molecule is O=C1C(=O)N(C(=O)Cl)CCN1CCF.O=C1NCCN(CCF)C1=O. The van der Waals surface area contributed by atoms with Gasteiger partial charge in [-0.3, -0.25) is 28.9 Å². The summed E-state index contributed by atoms with van der Waals surface area (Å²) in [5.41, 5.74) is 0. The molecule has 25 heavy (non-hydrogen) atoms. The molecule has 2 aliphatic rings. The number of carbonyl (C=O) groups is 5. The Labute approximate surface area is 146 Å². The molecule has 0 spiro atoms. The van der Waals surface area contributed by atoms with Crippen molar-refractivity contribution in [1.82, 2.24) is 20.0 Å². The first-order valence-corrected chi connectivity index (χ1v) is 7.70. The summed E-state index contributed by atoms with van der Waals surface area (Å²) in [5.74, 6) is -3.15. The number of nitrogens with one attached hydrogen (secondary N) is 1. The van der Waals surface area contributed by atoms with Gasteiger partial charge in [-0.15, -0.1) is 0 Å². The van der Waals surface area contributed by atoms with Crippen LogP contribution in [0, 0.1) is 0 Å². The van der Waals surface area contributed by atoms with E-state index in [0.717, 1.165) is 4.90 Å². The molecule has 12 heteroatoms. The predicted octanol–water partition coefficient (Wildman–Crippen LogP) is -1.10. The maximum absolute atomic E-state index is 11.9. The summed E-state index contributed by atoms with van der Waals surface area (Å²) in [7, 11) is 0. The fourth-order valence-electron chi connectivity index (χ4n) is 2.10. The van der Waals surface area contributed by atoms with Crippen LogP contribution in [0.4, 0.5) is 13.6 Å². The Bertz CT molecular complexity index is 561. The van der Waals surface area contributed by atoms with Crippen LogP contribution in [-0.2, 0) is 19.2 Å². The third kappa shape index (κ3) is 5.62. The number of nitrogens with zero attached hydrogens (tertiary/aromatic N) is 3. The van der Waals surface area contributed by atoms with Gasteiger partial charge in [0.15, 0.2) is 0 Å². The van der Waals surface area contributed by atoms with E-state index in [1.807, 2.05) is 0 Å². The lowest BCUT2D eigenvalue weighted by molar-refractivity contribution is -0.153. The van der Waals surface area contributed by atoms with Crippen molar-refractivity contribution in [2.75, 3.05) is 52.6 Å². The van der Waals surface area contributed by atoms with Gasteiger partial charge >= 0.3 is 29.0 Å². The van der Waals surface area contributed by atoms with Crippen LogP contribution in [0.1, 0.15) is 0 Å². The van der Waals surface area contributed by atoms with E-state index in [2.05, 4.69) is 5.32 Å². The number of rotatable bonds is 4. The number of piperazine rings is 2. The van der Waals surface area contributed by atoms with E-state index < -0.39 is 42.3 Å². The zero-order chi connectivity index (χ0) is 19.0. The van der Waals surface area contributed by atoms with Crippen LogP contribution in [0.3, 0.4) is 0 Å². The van der Waals surface area contributed by atoms with Crippen LogP contribution in [-0.4, -0.2) is 96.3 Å². The zero-order valence-corrected chi connectivity index (χ0v) is 13.9. The standard InChI is InChI=1S/C7H8ClFN2O3.C6H9FN2O2/c8-7(14)11-4-3-10(2-1-9)5(12)6(11)13;7-1-3-9-4-2-8-5(10)6(9)11/h1-4H2;1-4H2,(H,8,10). The molecule has 2 saturated heterocycles. The number of carbonyl (C=O) groups excluding carboxylic acids is 5. The molecular formula is C13H17ClF2N4O5. The predicted molar refractivity (Wildman–Crippen MR) is 81.1 cm³/mol. The van der Waals surface area contributed by atoms with E-state index in [4.69, 9.17) is 11.6 Å². The molecule has 5 amide bonds. The van der Waals surface area contributed by atoms with Crippen LogP contribution >= 0.6 is 11.6 Å². The van der Waals surface area contributed by atoms with Gasteiger partial charge in [-0.25, -0.2) is 8.78 Å². The molecule has 9 nitrogen and oxygen atoms in total. The van der Waals surface area contributed by atoms with Gasteiger partial charge in [0.2, 0.25) is 0 Å². The first-order valence-electron chi connectivity index (χ1n) is 7.32. The molecule has 0 atom stereocenters. The number of amides is 5. The van der Waals surface area contributed by atoms with Gasteiger partial charge in [0.25, 0.3) is 0 Å². The maximum Gasteiger partial charge on any atom is 0.323 e. The average molecular weight is 383 g/mol. The fourth-order valence-corrected chi connectivity index (χ4v) is 2.26. The Hall–Kier alpha value is -2.30. The van der Waals surface area contributed by atoms with Crippen LogP contribution in [0.2, 0.25) is 0 Å².